The summed E-state index contributed by atoms with van der Waals surface area (Å²) in [6, 6.07) is 28.5. The number of carbonyl (C=O) groups is 4. The molecule has 0 saturated carbocycles. The molecule has 0 unspecified atom stereocenters. The molecule has 2 aliphatic rings. The molecule has 57 heavy (non-hydrogen) atoms. The number of methoxy groups -OCH3 is 1. The highest BCUT2D eigenvalue weighted by molar-refractivity contribution is 5.68. The smallest absolute Gasteiger partial charge is 0.303 e. The summed E-state index contributed by atoms with van der Waals surface area (Å²) in [7, 11) is 1.49. The lowest BCUT2D eigenvalue weighted by Crippen LogP contribution is -2.67. The second-order valence-electron chi connectivity index (χ2n) is 13.5. The van der Waals surface area contributed by atoms with Crippen LogP contribution in [-0.2, 0) is 91.1 Å². The molecule has 0 N–H and O–H groups in total. The van der Waals surface area contributed by atoms with Crippen molar-refractivity contribution in [3.8, 4) is 0 Å². The van der Waals surface area contributed by atoms with Crippen molar-refractivity contribution in [2.75, 3.05) is 20.3 Å². The van der Waals surface area contributed by atoms with Gasteiger partial charge in [-0.05, 0) is 16.7 Å². The van der Waals surface area contributed by atoms with Crippen LogP contribution < -0.4 is 0 Å². The molecule has 10 atom stereocenters. The average Bonchev–Trinajstić information content (AvgIpc) is 3.19. The molecule has 3 aromatic rings. The van der Waals surface area contributed by atoms with E-state index in [2.05, 4.69) is 0 Å². The first-order valence-electron chi connectivity index (χ1n) is 18.6. The standard InChI is InChI=1S/C42H50O15/c1-26(43)49-25-34-36(52-27(2)44)38(53-28(3)45)40(54-29(4)46)42(56-34)57-35-33(24-48-21-30-15-9-6-10-16-30)55-41(47-5)39(51-23-32-19-13-8-14-20-32)37(35)50-22-31-17-11-7-12-18-31/h6-20,33-42H,21-25H2,1-5H3/t33-,34-,35-,36+,37+,38+,39-,40-,41+,42+/m1/s1. The Labute approximate surface area is 331 Å². The van der Waals surface area contributed by atoms with Gasteiger partial charge in [-0.3, -0.25) is 19.2 Å². The van der Waals surface area contributed by atoms with Gasteiger partial charge in [-0.15, -0.1) is 0 Å². The first-order chi connectivity index (χ1) is 27.5. The van der Waals surface area contributed by atoms with Gasteiger partial charge in [0.1, 0.15) is 37.1 Å². The van der Waals surface area contributed by atoms with E-state index in [-0.39, 0.29) is 26.4 Å². The van der Waals surface area contributed by atoms with Gasteiger partial charge in [-0.25, -0.2) is 0 Å². The highest BCUT2D eigenvalue weighted by atomic mass is 16.8. The van der Waals surface area contributed by atoms with Crippen LogP contribution in [0.3, 0.4) is 0 Å². The Hall–Kier alpha value is -4.74. The van der Waals surface area contributed by atoms with Gasteiger partial charge < -0.3 is 52.1 Å². The summed E-state index contributed by atoms with van der Waals surface area (Å²) >= 11 is 0. The minimum atomic E-state index is -1.55. The quantitative estimate of drug-likeness (QED) is 0.132. The Kier molecular flexibility index (Phi) is 16.5. The molecule has 0 spiro atoms. The second kappa shape index (κ2) is 21.7. The van der Waals surface area contributed by atoms with Gasteiger partial charge in [0, 0.05) is 34.8 Å². The zero-order valence-corrected chi connectivity index (χ0v) is 32.6. The molecule has 308 valence electrons. The fourth-order valence-corrected chi connectivity index (χ4v) is 6.59. The Bertz CT molecular complexity index is 1710. The predicted molar refractivity (Wildman–Crippen MR) is 199 cm³/mol. The lowest BCUT2D eigenvalue weighted by Gasteiger charge is -2.49. The SMILES string of the molecule is CO[C@H]1O[C@H](COCc2ccccc2)[C@@H](O[C@@H]2O[C@H](COC(C)=O)[C@H](OC(C)=O)[C@H](OC(C)=O)[C@H]2OC(C)=O)[C@H](OCc2ccccc2)[C@H]1OCc1ccccc1. The molecule has 15 nitrogen and oxygen atoms in total. The molecule has 3 aromatic carbocycles. The summed E-state index contributed by atoms with van der Waals surface area (Å²) in [4.78, 5) is 49.5. The number of hydrogen-bond acceptors (Lipinski definition) is 15. The molecule has 5 rings (SSSR count). The van der Waals surface area contributed by atoms with Crippen molar-refractivity contribution in [2.45, 2.75) is 109 Å². The maximum absolute atomic E-state index is 12.7. The zero-order valence-electron chi connectivity index (χ0n) is 32.6. The van der Waals surface area contributed by atoms with Crippen LogP contribution in [0.25, 0.3) is 0 Å². The highest BCUT2D eigenvalue weighted by Gasteiger charge is 2.56. The predicted octanol–water partition coefficient (Wildman–Crippen LogP) is 4.21. The first-order valence-corrected chi connectivity index (χ1v) is 18.6. The lowest BCUT2D eigenvalue weighted by atomic mass is 9.96. The zero-order chi connectivity index (χ0) is 40.7. The summed E-state index contributed by atoms with van der Waals surface area (Å²) < 4.78 is 67.2. The van der Waals surface area contributed by atoms with E-state index in [4.69, 9.17) is 52.1 Å². The van der Waals surface area contributed by atoms with E-state index in [1.165, 1.54) is 14.0 Å². The van der Waals surface area contributed by atoms with E-state index < -0.39 is 91.9 Å². The van der Waals surface area contributed by atoms with Crippen LogP contribution in [0.2, 0.25) is 0 Å². The minimum absolute atomic E-state index is 0.0404. The molecule has 2 fully saturated rings. The van der Waals surface area contributed by atoms with Crippen molar-refractivity contribution < 1.29 is 71.3 Å². The molecule has 0 amide bonds. The van der Waals surface area contributed by atoms with Crippen molar-refractivity contribution >= 4 is 23.9 Å². The topological polar surface area (TPSA) is 170 Å². The molecule has 2 aliphatic heterocycles. The lowest BCUT2D eigenvalue weighted by molar-refractivity contribution is -0.367. The maximum Gasteiger partial charge on any atom is 0.303 e. The van der Waals surface area contributed by atoms with Gasteiger partial charge in [0.05, 0.1) is 26.4 Å². The number of hydrogen-bond donors (Lipinski definition) is 0. The summed E-state index contributed by atoms with van der Waals surface area (Å²) in [6.07, 6.45) is -12.1. The van der Waals surface area contributed by atoms with Crippen LogP contribution in [0.4, 0.5) is 0 Å². The van der Waals surface area contributed by atoms with Gasteiger partial charge in [-0.2, -0.15) is 0 Å². The Morgan fingerprint density at radius 1 is 0.491 bits per heavy atom. The van der Waals surface area contributed by atoms with Gasteiger partial charge in [0.25, 0.3) is 0 Å². The monoisotopic (exact) mass is 794 g/mol. The molecule has 0 aliphatic carbocycles. The summed E-state index contributed by atoms with van der Waals surface area (Å²) in [5.41, 5.74) is 2.64. The van der Waals surface area contributed by atoms with E-state index in [1.807, 2.05) is 91.0 Å². The van der Waals surface area contributed by atoms with Crippen molar-refractivity contribution in [2.24, 2.45) is 0 Å². The van der Waals surface area contributed by atoms with E-state index in [0.29, 0.717) is 0 Å². The third kappa shape index (κ3) is 12.9. The Morgan fingerprint density at radius 3 is 1.46 bits per heavy atom. The largest absolute Gasteiger partial charge is 0.463 e. The average molecular weight is 795 g/mol. The van der Waals surface area contributed by atoms with Gasteiger partial charge in [0.15, 0.2) is 30.9 Å². The molecule has 2 saturated heterocycles. The number of ether oxygens (including phenoxy) is 11. The summed E-state index contributed by atoms with van der Waals surface area (Å²) in [6.45, 7) is 4.65. The van der Waals surface area contributed by atoms with Crippen LogP contribution in [-0.4, -0.2) is 106 Å². The van der Waals surface area contributed by atoms with E-state index >= 15 is 0 Å². The van der Waals surface area contributed by atoms with Crippen molar-refractivity contribution in [1.82, 2.24) is 0 Å². The summed E-state index contributed by atoms with van der Waals surface area (Å²) in [5, 5.41) is 0. The summed E-state index contributed by atoms with van der Waals surface area (Å²) in [5.74, 6) is -2.98. The molecule has 0 bridgehead atoms. The van der Waals surface area contributed by atoms with Crippen molar-refractivity contribution in [3.05, 3.63) is 108 Å². The molecule has 2 heterocycles. The van der Waals surface area contributed by atoms with Crippen LogP contribution in [0.5, 0.6) is 0 Å². The Balaban J connectivity index is 1.56. The van der Waals surface area contributed by atoms with E-state index in [9.17, 15) is 19.2 Å². The van der Waals surface area contributed by atoms with Crippen molar-refractivity contribution in [1.29, 1.82) is 0 Å². The van der Waals surface area contributed by atoms with E-state index in [0.717, 1.165) is 37.5 Å². The fourth-order valence-electron chi connectivity index (χ4n) is 6.59. The van der Waals surface area contributed by atoms with Gasteiger partial charge in [0.2, 0.25) is 0 Å². The minimum Gasteiger partial charge on any atom is -0.463 e. The molecular formula is C42H50O15. The molecule has 0 aromatic heterocycles. The molecule has 15 heteroatoms. The molecule has 0 radical (unpaired) electrons. The number of benzene rings is 3. The van der Waals surface area contributed by atoms with Crippen molar-refractivity contribution in [3.63, 3.8) is 0 Å². The number of carbonyl (C=O) groups excluding carboxylic acids is 4. The second-order valence-corrected chi connectivity index (χ2v) is 13.5. The third-order valence-corrected chi connectivity index (χ3v) is 9.03. The Morgan fingerprint density at radius 2 is 0.947 bits per heavy atom. The van der Waals surface area contributed by atoms with Gasteiger partial charge >= 0.3 is 23.9 Å². The highest BCUT2D eigenvalue weighted by Crippen LogP contribution is 2.36. The van der Waals surface area contributed by atoms with Gasteiger partial charge in [-0.1, -0.05) is 91.0 Å². The number of esters is 4. The first kappa shape index (κ1) is 43.4. The van der Waals surface area contributed by atoms with Crippen LogP contribution in [0, 0.1) is 0 Å². The third-order valence-electron chi connectivity index (χ3n) is 9.03. The normalized spacial score (nSPS) is 27.2. The number of rotatable bonds is 18. The molecular weight excluding hydrogens is 744 g/mol. The fraction of sp³-hybridized carbons (Fsp3) is 0.476. The van der Waals surface area contributed by atoms with Crippen LogP contribution in [0.15, 0.2) is 91.0 Å². The van der Waals surface area contributed by atoms with Crippen LogP contribution in [0.1, 0.15) is 44.4 Å². The maximum atomic E-state index is 12.7. The van der Waals surface area contributed by atoms with Crippen LogP contribution >= 0.6 is 0 Å². The van der Waals surface area contributed by atoms with E-state index in [1.54, 1.807) is 0 Å².